The van der Waals surface area contributed by atoms with Crippen molar-refractivity contribution in [1.29, 1.82) is 0 Å². The number of ketones is 1. The van der Waals surface area contributed by atoms with E-state index in [4.69, 9.17) is 4.74 Å². The molecule has 1 atom stereocenters. The highest BCUT2D eigenvalue weighted by molar-refractivity contribution is 6.02. The Labute approximate surface area is 145 Å². The molecule has 0 unspecified atom stereocenters. The van der Waals surface area contributed by atoms with Crippen LogP contribution >= 0.6 is 0 Å². The monoisotopic (exact) mass is 341 g/mol. The van der Waals surface area contributed by atoms with Gasteiger partial charge in [0, 0.05) is 17.2 Å². The lowest BCUT2D eigenvalue weighted by Gasteiger charge is -2.14. The zero-order chi connectivity index (χ0) is 18.7. The second-order valence-corrected chi connectivity index (χ2v) is 5.99. The number of esters is 1. The second-order valence-electron chi connectivity index (χ2n) is 5.99. The van der Waals surface area contributed by atoms with Crippen LogP contribution in [0.15, 0.2) is 36.4 Å². The van der Waals surface area contributed by atoms with Crippen LogP contribution in [0.1, 0.15) is 44.3 Å². The minimum absolute atomic E-state index is 0.0397. The number of nitrogens with zero attached hydrogens (tertiary/aromatic N) is 1. The van der Waals surface area contributed by atoms with Crippen molar-refractivity contribution in [1.82, 2.24) is 0 Å². The lowest BCUT2D eigenvalue weighted by Crippen LogP contribution is -2.25. The second kappa shape index (κ2) is 7.25. The van der Waals surface area contributed by atoms with Crippen LogP contribution in [0, 0.1) is 30.9 Å². The zero-order valence-corrected chi connectivity index (χ0v) is 14.5. The number of aryl methyl sites for hydroxylation is 3. The summed E-state index contributed by atoms with van der Waals surface area (Å²) in [5.41, 5.74) is 2.54. The highest BCUT2D eigenvalue weighted by Crippen LogP contribution is 2.21. The van der Waals surface area contributed by atoms with Gasteiger partial charge in [0.15, 0.2) is 6.10 Å². The van der Waals surface area contributed by atoms with E-state index in [-0.39, 0.29) is 17.0 Å². The SMILES string of the molecule is Cc1ccc(C)c(C(=O)[C@@H](C)OC(=O)c2ccc(C)c([N+](=O)[O-])c2)c1. The van der Waals surface area contributed by atoms with E-state index in [9.17, 15) is 19.7 Å². The van der Waals surface area contributed by atoms with Crippen molar-refractivity contribution in [2.75, 3.05) is 0 Å². The van der Waals surface area contributed by atoms with Crippen LogP contribution in [-0.4, -0.2) is 22.8 Å². The van der Waals surface area contributed by atoms with Gasteiger partial charge in [-0.2, -0.15) is 0 Å². The van der Waals surface area contributed by atoms with Gasteiger partial charge in [-0.15, -0.1) is 0 Å². The Morgan fingerprint density at radius 2 is 1.68 bits per heavy atom. The van der Waals surface area contributed by atoms with E-state index >= 15 is 0 Å². The molecule has 0 radical (unpaired) electrons. The van der Waals surface area contributed by atoms with Crippen LogP contribution in [0.25, 0.3) is 0 Å². The van der Waals surface area contributed by atoms with Crippen molar-refractivity contribution in [2.45, 2.75) is 33.8 Å². The van der Waals surface area contributed by atoms with E-state index < -0.39 is 17.0 Å². The molecule has 0 heterocycles. The largest absolute Gasteiger partial charge is 0.451 e. The number of nitro groups is 1. The average molecular weight is 341 g/mol. The molecule has 0 bridgehead atoms. The van der Waals surface area contributed by atoms with E-state index in [0.717, 1.165) is 17.2 Å². The smallest absolute Gasteiger partial charge is 0.339 e. The van der Waals surface area contributed by atoms with Gasteiger partial charge in [0.25, 0.3) is 5.69 Å². The van der Waals surface area contributed by atoms with Crippen molar-refractivity contribution in [3.05, 3.63) is 74.3 Å². The van der Waals surface area contributed by atoms with Crippen LogP contribution < -0.4 is 0 Å². The topological polar surface area (TPSA) is 86.5 Å². The number of Topliss-reactive ketones (excluding diaryl/α,β-unsaturated/α-hetero) is 1. The summed E-state index contributed by atoms with van der Waals surface area (Å²) < 4.78 is 5.21. The number of ether oxygens (including phenoxy) is 1. The number of nitro benzene ring substituents is 1. The fourth-order valence-electron chi connectivity index (χ4n) is 2.44. The molecule has 0 N–H and O–H groups in total. The van der Waals surface area contributed by atoms with Gasteiger partial charge in [0.1, 0.15) is 0 Å². The van der Waals surface area contributed by atoms with E-state index in [2.05, 4.69) is 0 Å². The highest BCUT2D eigenvalue weighted by Gasteiger charge is 2.23. The number of benzene rings is 2. The molecule has 0 saturated carbocycles. The molecule has 0 aliphatic heterocycles. The summed E-state index contributed by atoms with van der Waals surface area (Å²) in [4.78, 5) is 35.2. The standard InChI is InChI=1S/C19H19NO5/c1-11-5-6-12(2)16(9-11)18(21)14(4)25-19(22)15-8-7-13(3)17(10-15)20(23)24/h5-10,14H,1-4H3/t14-/m1/s1. The number of carbonyl (C=O) groups excluding carboxylic acids is 2. The lowest BCUT2D eigenvalue weighted by molar-refractivity contribution is -0.385. The molecular weight excluding hydrogens is 322 g/mol. The molecule has 0 amide bonds. The Morgan fingerprint density at radius 3 is 2.32 bits per heavy atom. The van der Waals surface area contributed by atoms with Crippen molar-refractivity contribution >= 4 is 17.4 Å². The maximum atomic E-state index is 12.5. The van der Waals surface area contributed by atoms with Gasteiger partial charge in [-0.1, -0.05) is 23.8 Å². The number of rotatable bonds is 5. The fraction of sp³-hybridized carbons (Fsp3) is 0.263. The lowest BCUT2D eigenvalue weighted by atomic mass is 9.99. The van der Waals surface area contributed by atoms with Gasteiger partial charge >= 0.3 is 5.97 Å². The number of hydrogen-bond acceptors (Lipinski definition) is 5. The molecular formula is C19H19NO5. The molecule has 0 aliphatic carbocycles. The normalized spacial score (nSPS) is 11.7. The summed E-state index contributed by atoms with van der Waals surface area (Å²) in [6, 6.07) is 9.56. The molecule has 0 fully saturated rings. The van der Waals surface area contributed by atoms with E-state index in [1.165, 1.54) is 19.1 Å². The molecule has 0 aromatic heterocycles. The van der Waals surface area contributed by atoms with E-state index in [0.29, 0.717) is 11.1 Å². The summed E-state index contributed by atoms with van der Waals surface area (Å²) in [6.07, 6.45) is -0.992. The van der Waals surface area contributed by atoms with Crippen LogP contribution in [0.5, 0.6) is 0 Å². The van der Waals surface area contributed by atoms with E-state index in [1.54, 1.807) is 13.0 Å². The first-order valence-corrected chi connectivity index (χ1v) is 7.78. The molecule has 130 valence electrons. The summed E-state index contributed by atoms with van der Waals surface area (Å²) in [5, 5.41) is 11.0. The van der Waals surface area contributed by atoms with Gasteiger partial charge in [0.2, 0.25) is 5.78 Å². The van der Waals surface area contributed by atoms with Gasteiger partial charge in [-0.25, -0.2) is 4.79 Å². The maximum Gasteiger partial charge on any atom is 0.339 e. The third-order valence-electron chi connectivity index (χ3n) is 3.95. The summed E-state index contributed by atoms with van der Waals surface area (Å²) >= 11 is 0. The Bertz CT molecular complexity index is 857. The Morgan fingerprint density at radius 1 is 1.04 bits per heavy atom. The summed E-state index contributed by atoms with van der Waals surface area (Å²) in [6.45, 7) is 6.76. The first kappa shape index (κ1) is 18.3. The van der Waals surface area contributed by atoms with Crippen molar-refractivity contribution < 1.29 is 19.2 Å². The molecule has 2 rings (SSSR count). The zero-order valence-electron chi connectivity index (χ0n) is 14.5. The molecule has 25 heavy (non-hydrogen) atoms. The Balaban J connectivity index is 2.20. The predicted molar refractivity (Wildman–Crippen MR) is 93.0 cm³/mol. The summed E-state index contributed by atoms with van der Waals surface area (Å²) in [7, 11) is 0. The highest BCUT2D eigenvalue weighted by atomic mass is 16.6. The van der Waals surface area contributed by atoms with Gasteiger partial charge in [-0.05, 0) is 45.4 Å². The van der Waals surface area contributed by atoms with E-state index in [1.807, 2.05) is 26.0 Å². The molecule has 0 aliphatic rings. The summed E-state index contributed by atoms with van der Waals surface area (Å²) in [5.74, 6) is -1.08. The van der Waals surface area contributed by atoms with Gasteiger partial charge in [0.05, 0.1) is 10.5 Å². The van der Waals surface area contributed by atoms with Crippen molar-refractivity contribution in [2.24, 2.45) is 0 Å². The maximum absolute atomic E-state index is 12.5. The van der Waals surface area contributed by atoms with Crippen LogP contribution in [0.4, 0.5) is 5.69 Å². The fourth-order valence-corrected chi connectivity index (χ4v) is 2.44. The Kier molecular flexibility index (Phi) is 5.32. The molecule has 6 nitrogen and oxygen atoms in total. The van der Waals surface area contributed by atoms with Crippen LogP contribution in [-0.2, 0) is 4.74 Å². The average Bonchev–Trinajstić information content (AvgIpc) is 2.56. The molecule has 2 aromatic carbocycles. The minimum atomic E-state index is -0.992. The first-order chi connectivity index (χ1) is 11.7. The molecule has 2 aromatic rings. The molecule has 6 heteroatoms. The number of carbonyl (C=O) groups is 2. The third-order valence-corrected chi connectivity index (χ3v) is 3.95. The Hall–Kier alpha value is -3.02. The van der Waals surface area contributed by atoms with Crippen molar-refractivity contribution in [3.8, 4) is 0 Å². The van der Waals surface area contributed by atoms with Gasteiger partial charge in [-0.3, -0.25) is 14.9 Å². The van der Waals surface area contributed by atoms with Crippen LogP contribution in [0.3, 0.4) is 0 Å². The third kappa shape index (κ3) is 4.09. The minimum Gasteiger partial charge on any atom is -0.451 e. The van der Waals surface area contributed by atoms with Crippen LogP contribution in [0.2, 0.25) is 0 Å². The molecule has 0 saturated heterocycles. The molecule has 0 spiro atoms. The predicted octanol–water partition coefficient (Wildman–Crippen LogP) is 3.95. The van der Waals surface area contributed by atoms with Gasteiger partial charge < -0.3 is 4.74 Å². The first-order valence-electron chi connectivity index (χ1n) is 7.78. The van der Waals surface area contributed by atoms with Crippen molar-refractivity contribution in [3.63, 3.8) is 0 Å². The quantitative estimate of drug-likeness (QED) is 0.356. The number of hydrogen-bond donors (Lipinski definition) is 0.